The predicted molar refractivity (Wildman–Crippen MR) is 229 cm³/mol. The first kappa shape index (κ1) is 31.6. The molecule has 0 unspecified atom stereocenters. The van der Waals surface area contributed by atoms with Gasteiger partial charge in [0, 0.05) is 38.9 Å². The molecule has 54 heavy (non-hydrogen) atoms. The molecule has 0 radical (unpaired) electrons. The summed E-state index contributed by atoms with van der Waals surface area (Å²) in [4.78, 5) is 2.34. The third-order valence-electron chi connectivity index (χ3n) is 10.6. The predicted octanol–water partition coefficient (Wildman–Crippen LogP) is 14.4. The molecule has 1 aromatic heterocycles. The van der Waals surface area contributed by atoms with Crippen LogP contribution in [0.5, 0.6) is 0 Å². The Hall–Kier alpha value is -7.16. The fourth-order valence-corrected chi connectivity index (χ4v) is 7.92. The van der Waals surface area contributed by atoms with Gasteiger partial charge in [-0.25, -0.2) is 0 Å². The van der Waals surface area contributed by atoms with E-state index in [1.807, 2.05) is 0 Å². The first-order chi connectivity index (χ1) is 26.8. The van der Waals surface area contributed by atoms with Crippen LogP contribution in [0.15, 0.2) is 218 Å². The first-order valence-corrected chi connectivity index (χ1v) is 18.5. The third-order valence-corrected chi connectivity index (χ3v) is 10.6. The summed E-state index contributed by atoms with van der Waals surface area (Å²) >= 11 is 0. The van der Waals surface area contributed by atoms with Crippen molar-refractivity contribution in [1.82, 2.24) is 4.57 Å². The lowest BCUT2D eigenvalue weighted by Gasteiger charge is -2.26. The molecule has 0 N–H and O–H groups in total. The summed E-state index contributed by atoms with van der Waals surface area (Å²) < 4.78 is 2.42. The number of hydrogen-bond donors (Lipinski definition) is 0. The monoisotopic (exact) mass is 688 g/mol. The second-order valence-corrected chi connectivity index (χ2v) is 13.8. The SMILES string of the molecule is c1ccc(-c2ccc(N(c3ccc(-c4ccccc4)cc3)c3ccc(-c4ccc5ccc6c7ccccc7n(-c7ccccc7)c6c5c4)cc3)cc2)cc1. The summed E-state index contributed by atoms with van der Waals surface area (Å²) in [7, 11) is 0. The highest BCUT2D eigenvalue weighted by atomic mass is 15.1. The fourth-order valence-electron chi connectivity index (χ4n) is 7.92. The van der Waals surface area contributed by atoms with Gasteiger partial charge in [-0.1, -0.05) is 158 Å². The quantitative estimate of drug-likeness (QED) is 0.162. The molecule has 9 aromatic carbocycles. The van der Waals surface area contributed by atoms with Crippen molar-refractivity contribution < 1.29 is 0 Å². The number of benzene rings is 9. The van der Waals surface area contributed by atoms with Crippen molar-refractivity contribution in [3.8, 4) is 39.1 Å². The van der Waals surface area contributed by atoms with E-state index in [1.54, 1.807) is 0 Å². The number of anilines is 3. The highest BCUT2D eigenvalue weighted by molar-refractivity contribution is 6.19. The van der Waals surface area contributed by atoms with Crippen LogP contribution in [-0.4, -0.2) is 4.57 Å². The summed E-state index contributed by atoms with van der Waals surface area (Å²) in [5.74, 6) is 0. The molecule has 10 aromatic rings. The van der Waals surface area contributed by atoms with Gasteiger partial charge in [-0.3, -0.25) is 0 Å². The lowest BCUT2D eigenvalue weighted by molar-refractivity contribution is 1.19. The standard InChI is InChI=1S/C52H36N2/c1-4-12-37(13-5-1)39-22-29-45(30-23-39)53(46-31-24-40(25-32-46)38-14-6-2-7-15-38)47-33-26-41(27-34-47)43-21-20-42-28-35-49-48-18-10-11-19-51(48)54(52(49)50(42)36-43)44-16-8-3-9-17-44/h1-36H. The van der Waals surface area contributed by atoms with Crippen molar-refractivity contribution in [2.45, 2.75) is 0 Å². The first-order valence-electron chi connectivity index (χ1n) is 18.5. The summed E-state index contributed by atoms with van der Waals surface area (Å²) in [6, 6.07) is 78.8. The molecule has 0 amide bonds. The molecule has 2 heteroatoms. The van der Waals surface area contributed by atoms with Gasteiger partial charge in [0.05, 0.1) is 11.0 Å². The Kier molecular flexibility index (Phi) is 7.85. The minimum atomic E-state index is 1.10. The Morgan fingerprint density at radius 3 is 1.28 bits per heavy atom. The molecule has 0 saturated carbocycles. The van der Waals surface area contributed by atoms with Crippen LogP contribution in [0, 0.1) is 0 Å². The van der Waals surface area contributed by atoms with E-state index in [1.165, 1.54) is 71.6 Å². The Bertz CT molecular complexity index is 2790. The summed E-state index contributed by atoms with van der Waals surface area (Å²) in [6.45, 7) is 0. The van der Waals surface area contributed by atoms with Crippen LogP contribution < -0.4 is 4.90 Å². The minimum Gasteiger partial charge on any atom is -0.311 e. The molecule has 0 aliphatic heterocycles. The van der Waals surface area contributed by atoms with Crippen LogP contribution in [0.1, 0.15) is 0 Å². The molecule has 0 aliphatic rings. The average molecular weight is 689 g/mol. The molecule has 254 valence electrons. The maximum Gasteiger partial charge on any atom is 0.0619 e. The normalized spacial score (nSPS) is 11.3. The second kappa shape index (κ2) is 13.4. The molecule has 0 atom stereocenters. The van der Waals surface area contributed by atoms with Crippen LogP contribution in [0.2, 0.25) is 0 Å². The van der Waals surface area contributed by atoms with Gasteiger partial charge in [-0.15, -0.1) is 0 Å². The van der Waals surface area contributed by atoms with E-state index in [9.17, 15) is 0 Å². The molecule has 2 nitrogen and oxygen atoms in total. The smallest absolute Gasteiger partial charge is 0.0619 e. The topological polar surface area (TPSA) is 8.17 Å². The maximum absolute atomic E-state index is 2.42. The van der Waals surface area contributed by atoms with Gasteiger partial charge in [-0.2, -0.15) is 0 Å². The zero-order chi connectivity index (χ0) is 35.8. The summed E-state index contributed by atoms with van der Waals surface area (Å²) in [6.07, 6.45) is 0. The lowest BCUT2D eigenvalue weighted by atomic mass is 9.98. The van der Waals surface area contributed by atoms with Gasteiger partial charge in [0.15, 0.2) is 0 Å². The molecular formula is C52H36N2. The van der Waals surface area contributed by atoms with E-state index < -0.39 is 0 Å². The largest absolute Gasteiger partial charge is 0.311 e. The molecule has 0 fully saturated rings. The van der Waals surface area contributed by atoms with Crippen molar-refractivity contribution >= 4 is 49.6 Å². The van der Waals surface area contributed by atoms with Crippen molar-refractivity contribution in [1.29, 1.82) is 0 Å². The number of aromatic nitrogens is 1. The third kappa shape index (κ3) is 5.62. The average Bonchev–Trinajstić information content (AvgIpc) is 3.60. The van der Waals surface area contributed by atoms with Gasteiger partial charge in [-0.05, 0) is 99.4 Å². The molecule has 0 spiro atoms. The Labute approximate surface area is 315 Å². The zero-order valence-corrected chi connectivity index (χ0v) is 29.7. The molecule has 0 aliphatic carbocycles. The van der Waals surface area contributed by atoms with Gasteiger partial charge < -0.3 is 9.47 Å². The van der Waals surface area contributed by atoms with Crippen LogP contribution in [0.25, 0.3) is 71.6 Å². The van der Waals surface area contributed by atoms with Crippen LogP contribution >= 0.6 is 0 Å². The molecule has 0 bridgehead atoms. The zero-order valence-electron chi connectivity index (χ0n) is 29.7. The maximum atomic E-state index is 2.42. The lowest BCUT2D eigenvalue weighted by Crippen LogP contribution is -2.09. The molecule has 0 saturated heterocycles. The highest BCUT2D eigenvalue weighted by Crippen LogP contribution is 2.40. The Balaban J connectivity index is 1.07. The number of rotatable bonds is 7. The second-order valence-electron chi connectivity index (χ2n) is 13.8. The Morgan fingerprint density at radius 1 is 0.296 bits per heavy atom. The summed E-state index contributed by atoms with van der Waals surface area (Å²) in [5.41, 5.74) is 14.1. The number of fused-ring (bicyclic) bond motifs is 5. The number of para-hydroxylation sites is 2. The molecular weight excluding hydrogens is 653 g/mol. The minimum absolute atomic E-state index is 1.10. The highest BCUT2D eigenvalue weighted by Gasteiger charge is 2.17. The van der Waals surface area contributed by atoms with Crippen LogP contribution in [0.3, 0.4) is 0 Å². The van der Waals surface area contributed by atoms with Gasteiger partial charge >= 0.3 is 0 Å². The number of hydrogen-bond acceptors (Lipinski definition) is 1. The van der Waals surface area contributed by atoms with Crippen molar-refractivity contribution in [3.63, 3.8) is 0 Å². The number of nitrogens with zero attached hydrogens (tertiary/aromatic N) is 2. The fraction of sp³-hybridized carbons (Fsp3) is 0. The van der Waals surface area contributed by atoms with Crippen LogP contribution in [-0.2, 0) is 0 Å². The summed E-state index contributed by atoms with van der Waals surface area (Å²) in [5, 5.41) is 5.00. The van der Waals surface area contributed by atoms with Crippen LogP contribution in [0.4, 0.5) is 17.1 Å². The van der Waals surface area contributed by atoms with E-state index in [4.69, 9.17) is 0 Å². The van der Waals surface area contributed by atoms with Crippen molar-refractivity contribution in [2.24, 2.45) is 0 Å². The van der Waals surface area contributed by atoms with Crippen molar-refractivity contribution in [3.05, 3.63) is 218 Å². The van der Waals surface area contributed by atoms with E-state index in [0.29, 0.717) is 0 Å². The van der Waals surface area contributed by atoms with Gasteiger partial charge in [0.2, 0.25) is 0 Å². The van der Waals surface area contributed by atoms with E-state index in [0.717, 1.165) is 17.1 Å². The molecule has 1 heterocycles. The van der Waals surface area contributed by atoms with E-state index >= 15 is 0 Å². The van der Waals surface area contributed by atoms with E-state index in [-0.39, 0.29) is 0 Å². The van der Waals surface area contributed by atoms with E-state index in [2.05, 4.69) is 228 Å². The van der Waals surface area contributed by atoms with Gasteiger partial charge in [0.25, 0.3) is 0 Å². The molecule has 10 rings (SSSR count). The Morgan fingerprint density at radius 2 is 0.722 bits per heavy atom. The van der Waals surface area contributed by atoms with Gasteiger partial charge in [0.1, 0.15) is 0 Å². The van der Waals surface area contributed by atoms with Crippen molar-refractivity contribution in [2.75, 3.05) is 4.90 Å².